The van der Waals surface area contributed by atoms with Crippen molar-refractivity contribution in [1.29, 1.82) is 0 Å². The number of fused-ring (bicyclic) bond motifs is 1. The lowest BCUT2D eigenvalue weighted by Gasteiger charge is -2.13. The standard InChI is InChI=1S/C16H16ClNO2/c1-3-19-15-10(2)18-8-13-14(15)9-20-16(13)11-4-6-12(17)7-5-11/h4-8,16H,3,9H2,1-2H3. The summed E-state index contributed by atoms with van der Waals surface area (Å²) in [5.41, 5.74) is 4.19. The van der Waals surface area contributed by atoms with E-state index in [0.29, 0.717) is 13.2 Å². The molecule has 1 aromatic carbocycles. The number of rotatable bonds is 3. The maximum Gasteiger partial charge on any atom is 0.146 e. The first-order valence-corrected chi connectivity index (χ1v) is 7.06. The van der Waals surface area contributed by atoms with Gasteiger partial charge in [0.2, 0.25) is 0 Å². The number of hydrogen-bond donors (Lipinski definition) is 0. The number of nitrogens with zero attached hydrogens (tertiary/aromatic N) is 1. The summed E-state index contributed by atoms with van der Waals surface area (Å²) in [6.07, 6.45) is 1.80. The van der Waals surface area contributed by atoms with E-state index >= 15 is 0 Å². The van der Waals surface area contributed by atoms with Crippen LogP contribution in [0.15, 0.2) is 30.5 Å². The van der Waals surface area contributed by atoms with Crippen molar-refractivity contribution in [2.45, 2.75) is 26.6 Å². The van der Waals surface area contributed by atoms with E-state index in [4.69, 9.17) is 21.1 Å². The zero-order valence-electron chi connectivity index (χ0n) is 11.5. The fourth-order valence-electron chi connectivity index (χ4n) is 2.53. The van der Waals surface area contributed by atoms with Gasteiger partial charge in [-0.2, -0.15) is 0 Å². The Morgan fingerprint density at radius 2 is 2.10 bits per heavy atom. The van der Waals surface area contributed by atoms with Crippen LogP contribution < -0.4 is 4.74 Å². The van der Waals surface area contributed by atoms with Crippen LogP contribution in [0.25, 0.3) is 0 Å². The van der Waals surface area contributed by atoms with Gasteiger partial charge in [-0.05, 0) is 31.5 Å². The number of aromatic nitrogens is 1. The van der Waals surface area contributed by atoms with Crippen LogP contribution in [0.2, 0.25) is 5.02 Å². The molecule has 0 bridgehead atoms. The molecule has 0 fully saturated rings. The zero-order valence-corrected chi connectivity index (χ0v) is 12.3. The molecule has 1 aliphatic rings. The fraction of sp³-hybridized carbons (Fsp3) is 0.312. The molecule has 2 heterocycles. The van der Waals surface area contributed by atoms with Gasteiger partial charge in [0.15, 0.2) is 0 Å². The Balaban J connectivity index is 2.02. The summed E-state index contributed by atoms with van der Waals surface area (Å²) in [6, 6.07) is 7.73. The number of pyridine rings is 1. The average Bonchev–Trinajstić information content (AvgIpc) is 2.87. The second-order valence-corrected chi connectivity index (χ2v) is 5.22. The van der Waals surface area contributed by atoms with Crippen molar-refractivity contribution in [3.63, 3.8) is 0 Å². The molecule has 1 aromatic heterocycles. The van der Waals surface area contributed by atoms with Crippen LogP contribution in [0.1, 0.15) is 35.4 Å². The number of aryl methyl sites for hydroxylation is 1. The van der Waals surface area contributed by atoms with E-state index in [9.17, 15) is 0 Å². The molecule has 4 heteroatoms. The molecule has 20 heavy (non-hydrogen) atoms. The molecule has 0 saturated heterocycles. The summed E-state index contributed by atoms with van der Waals surface area (Å²) in [7, 11) is 0. The van der Waals surface area contributed by atoms with Crippen molar-refractivity contribution >= 4 is 11.6 Å². The van der Waals surface area contributed by atoms with Crippen LogP contribution in [0.3, 0.4) is 0 Å². The Kier molecular flexibility index (Phi) is 3.64. The third-order valence-corrected chi connectivity index (χ3v) is 3.74. The first-order valence-electron chi connectivity index (χ1n) is 6.69. The molecule has 0 amide bonds. The van der Waals surface area contributed by atoms with Gasteiger partial charge >= 0.3 is 0 Å². The van der Waals surface area contributed by atoms with Crippen LogP contribution in [0.5, 0.6) is 5.75 Å². The van der Waals surface area contributed by atoms with E-state index in [1.165, 1.54) is 0 Å². The summed E-state index contributed by atoms with van der Waals surface area (Å²) in [4.78, 5) is 4.43. The minimum Gasteiger partial charge on any atom is -0.492 e. The van der Waals surface area contributed by atoms with Gasteiger partial charge in [-0.25, -0.2) is 0 Å². The van der Waals surface area contributed by atoms with Gasteiger partial charge in [-0.1, -0.05) is 23.7 Å². The quantitative estimate of drug-likeness (QED) is 0.854. The molecule has 0 saturated carbocycles. The highest BCUT2D eigenvalue weighted by Gasteiger charge is 2.29. The lowest BCUT2D eigenvalue weighted by atomic mass is 10.0. The summed E-state index contributed by atoms with van der Waals surface area (Å²) < 4.78 is 11.6. The van der Waals surface area contributed by atoms with Crippen molar-refractivity contribution in [2.24, 2.45) is 0 Å². The van der Waals surface area contributed by atoms with Crippen molar-refractivity contribution < 1.29 is 9.47 Å². The zero-order chi connectivity index (χ0) is 14.1. The first-order chi connectivity index (χ1) is 9.70. The lowest BCUT2D eigenvalue weighted by molar-refractivity contribution is 0.0930. The van der Waals surface area contributed by atoms with E-state index in [1.54, 1.807) is 0 Å². The lowest BCUT2D eigenvalue weighted by Crippen LogP contribution is -2.02. The monoisotopic (exact) mass is 289 g/mol. The normalized spacial score (nSPS) is 17.1. The molecule has 3 rings (SSSR count). The van der Waals surface area contributed by atoms with Crippen molar-refractivity contribution in [3.05, 3.63) is 57.9 Å². The van der Waals surface area contributed by atoms with E-state index in [0.717, 1.165) is 33.2 Å². The highest BCUT2D eigenvalue weighted by molar-refractivity contribution is 6.30. The summed E-state index contributed by atoms with van der Waals surface area (Å²) in [5.74, 6) is 0.862. The Hall–Kier alpha value is -1.58. The van der Waals surface area contributed by atoms with Gasteiger partial charge in [0.05, 0.1) is 18.9 Å². The molecule has 0 radical (unpaired) electrons. The molecule has 0 spiro atoms. The number of benzene rings is 1. The molecule has 0 N–H and O–H groups in total. The van der Waals surface area contributed by atoms with Gasteiger partial charge in [0.25, 0.3) is 0 Å². The van der Waals surface area contributed by atoms with Gasteiger partial charge in [0.1, 0.15) is 11.9 Å². The van der Waals surface area contributed by atoms with Gasteiger partial charge < -0.3 is 9.47 Å². The summed E-state index contributed by atoms with van der Waals surface area (Å²) in [6.45, 7) is 5.12. The molecular formula is C16H16ClNO2. The summed E-state index contributed by atoms with van der Waals surface area (Å²) >= 11 is 5.93. The molecule has 1 aliphatic heterocycles. The number of hydrogen-bond acceptors (Lipinski definition) is 3. The minimum absolute atomic E-state index is 0.0884. The van der Waals surface area contributed by atoms with Gasteiger partial charge in [0, 0.05) is 22.3 Å². The Morgan fingerprint density at radius 3 is 2.80 bits per heavy atom. The highest BCUT2D eigenvalue weighted by atomic mass is 35.5. The van der Waals surface area contributed by atoms with E-state index in [-0.39, 0.29) is 6.10 Å². The van der Waals surface area contributed by atoms with Crippen LogP contribution in [0.4, 0.5) is 0 Å². The largest absolute Gasteiger partial charge is 0.492 e. The van der Waals surface area contributed by atoms with E-state index < -0.39 is 0 Å². The molecule has 2 aromatic rings. The second kappa shape index (κ2) is 5.43. The minimum atomic E-state index is -0.0884. The van der Waals surface area contributed by atoms with Crippen LogP contribution >= 0.6 is 11.6 Å². The maximum absolute atomic E-state index is 5.93. The number of halogens is 1. The molecule has 1 unspecified atom stereocenters. The van der Waals surface area contributed by atoms with E-state index in [2.05, 4.69) is 4.98 Å². The Morgan fingerprint density at radius 1 is 1.35 bits per heavy atom. The topological polar surface area (TPSA) is 31.4 Å². The smallest absolute Gasteiger partial charge is 0.146 e. The van der Waals surface area contributed by atoms with Gasteiger partial charge in [-0.15, -0.1) is 0 Å². The third kappa shape index (κ3) is 2.28. The fourth-order valence-corrected chi connectivity index (χ4v) is 2.66. The van der Waals surface area contributed by atoms with Gasteiger partial charge in [-0.3, -0.25) is 4.98 Å². The van der Waals surface area contributed by atoms with Crippen molar-refractivity contribution in [3.8, 4) is 5.75 Å². The SMILES string of the molecule is CCOc1c(C)ncc2c1COC2c1ccc(Cl)cc1. The molecule has 0 aliphatic carbocycles. The Bertz CT molecular complexity index is 625. The van der Waals surface area contributed by atoms with Crippen molar-refractivity contribution in [1.82, 2.24) is 4.98 Å². The molecular weight excluding hydrogens is 274 g/mol. The van der Waals surface area contributed by atoms with Crippen LogP contribution in [0, 0.1) is 6.92 Å². The predicted molar refractivity (Wildman–Crippen MR) is 78.2 cm³/mol. The van der Waals surface area contributed by atoms with E-state index in [1.807, 2.05) is 44.3 Å². The summed E-state index contributed by atoms with van der Waals surface area (Å²) in [5, 5.41) is 0.726. The molecule has 1 atom stereocenters. The third-order valence-electron chi connectivity index (χ3n) is 3.49. The predicted octanol–water partition coefficient (Wildman–Crippen LogP) is 4.06. The molecule has 104 valence electrons. The van der Waals surface area contributed by atoms with Crippen LogP contribution in [-0.2, 0) is 11.3 Å². The molecule has 3 nitrogen and oxygen atoms in total. The first kappa shape index (κ1) is 13.4. The average molecular weight is 290 g/mol. The second-order valence-electron chi connectivity index (χ2n) is 4.78. The highest BCUT2D eigenvalue weighted by Crippen LogP contribution is 2.40. The number of ether oxygens (including phenoxy) is 2. The van der Waals surface area contributed by atoms with Crippen molar-refractivity contribution in [2.75, 3.05) is 6.61 Å². The van der Waals surface area contributed by atoms with Crippen LogP contribution in [-0.4, -0.2) is 11.6 Å². The maximum atomic E-state index is 5.93. The Labute approximate surface area is 123 Å².